The summed E-state index contributed by atoms with van der Waals surface area (Å²) in [6, 6.07) is 12.6. The first-order chi connectivity index (χ1) is 15.4. The third-order valence-electron chi connectivity index (χ3n) is 6.18. The molecule has 0 aliphatic carbocycles. The van der Waals surface area contributed by atoms with Gasteiger partial charge in [0.25, 0.3) is 0 Å². The Hall–Kier alpha value is -2.05. The third-order valence-corrected chi connectivity index (χ3v) is 8.26. The number of fused-ring (bicyclic) bond motifs is 1. The van der Waals surface area contributed by atoms with Gasteiger partial charge in [-0.05, 0) is 64.7 Å². The second kappa shape index (κ2) is 9.84. The zero-order valence-corrected chi connectivity index (χ0v) is 20.5. The van der Waals surface area contributed by atoms with Crippen LogP contribution < -0.4 is 0 Å². The summed E-state index contributed by atoms with van der Waals surface area (Å²) < 4.78 is 20.6. The minimum absolute atomic E-state index is 0.0112. The molecule has 5 nitrogen and oxygen atoms in total. The number of aromatic nitrogens is 3. The molecule has 3 heterocycles. The van der Waals surface area contributed by atoms with Crippen LogP contribution in [-0.4, -0.2) is 36.1 Å². The van der Waals surface area contributed by atoms with Crippen molar-refractivity contribution >= 4 is 21.7 Å². The number of ether oxygens (including phenoxy) is 1. The monoisotopic (exact) mass is 453 g/mol. The van der Waals surface area contributed by atoms with E-state index in [-0.39, 0.29) is 16.9 Å². The lowest BCUT2D eigenvalue weighted by molar-refractivity contribution is -0.0366. The molecule has 0 bridgehead atoms. The molecule has 0 N–H and O–H groups in total. The van der Waals surface area contributed by atoms with E-state index in [1.807, 2.05) is 31.6 Å². The van der Waals surface area contributed by atoms with Crippen molar-refractivity contribution in [1.29, 1.82) is 0 Å². The van der Waals surface area contributed by atoms with Gasteiger partial charge in [0.2, 0.25) is 0 Å². The second-order valence-electron chi connectivity index (χ2n) is 9.74. The molecule has 4 rings (SSSR count). The Morgan fingerprint density at radius 2 is 2.06 bits per heavy atom. The fraction of sp³-hybridized carbons (Fsp3) is 0.538. The molecule has 1 fully saturated rings. The van der Waals surface area contributed by atoms with E-state index in [0.29, 0.717) is 5.75 Å². The highest BCUT2D eigenvalue weighted by Gasteiger charge is 2.25. The van der Waals surface area contributed by atoms with E-state index < -0.39 is 10.8 Å². The van der Waals surface area contributed by atoms with Gasteiger partial charge in [-0.2, -0.15) is 5.10 Å². The molecule has 0 saturated carbocycles. The molecular formula is C26H35N3O2S. The van der Waals surface area contributed by atoms with Crippen molar-refractivity contribution in [2.75, 3.05) is 12.4 Å². The lowest BCUT2D eigenvalue weighted by atomic mass is 10.00. The summed E-state index contributed by atoms with van der Waals surface area (Å²) in [6.07, 6.45) is 7.25. The molecule has 3 aromatic rings. The first-order valence-electron chi connectivity index (χ1n) is 11.8. The largest absolute Gasteiger partial charge is 0.356 e. The maximum Gasteiger partial charge on any atom is 0.150 e. The van der Waals surface area contributed by atoms with Crippen LogP contribution in [0.5, 0.6) is 0 Å². The molecule has 1 saturated heterocycles. The normalized spacial score (nSPS) is 19.2. The first kappa shape index (κ1) is 23.1. The minimum Gasteiger partial charge on any atom is -0.356 e. The van der Waals surface area contributed by atoms with Crippen LogP contribution in [0.3, 0.4) is 0 Å². The molecule has 1 aromatic carbocycles. The maximum atomic E-state index is 12.8. The molecule has 32 heavy (non-hydrogen) atoms. The zero-order valence-electron chi connectivity index (χ0n) is 19.7. The first-order valence-corrected chi connectivity index (χ1v) is 13.1. The van der Waals surface area contributed by atoms with Crippen LogP contribution in [0.25, 0.3) is 22.2 Å². The third kappa shape index (κ3) is 5.12. The lowest BCUT2D eigenvalue weighted by Crippen LogP contribution is -2.27. The molecule has 0 radical (unpaired) electrons. The number of nitrogens with zero attached hydrogens (tertiary/aromatic N) is 3. The average Bonchev–Trinajstić information content (AvgIpc) is 3.22. The molecule has 6 heteroatoms. The summed E-state index contributed by atoms with van der Waals surface area (Å²) in [7, 11) is -0.905. The number of rotatable bonds is 7. The Labute approximate surface area is 194 Å². The fourth-order valence-corrected chi connectivity index (χ4v) is 5.48. The van der Waals surface area contributed by atoms with E-state index >= 15 is 0 Å². The van der Waals surface area contributed by atoms with E-state index in [1.165, 1.54) is 6.42 Å². The predicted octanol–water partition coefficient (Wildman–Crippen LogP) is 6.23. The van der Waals surface area contributed by atoms with Crippen molar-refractivity contribution in [3.05, 3.63) is 48.3 Å². The van der Waals surface area contributed by atoms with Gasteiger partial charge in [0.05, 0.1) is 17.4 Å². The molecule has 1 unspecified atom stereocenters. The highest BCUT2D eigenvalue weighted by Crippen LogP contribution is 2.30. The van der Waals surface area contributed by atoms with Gasteiger partial charge in [0.1, 0.15) is 0 Å². The quantitative estimate of drug-likeness (QED) is 0.426. The summed E-state index contributed by atoms with van der Waals surface area (Å²) >= 11 is 0. The van der Waals surface area contributed by atoms with Crippen LogP contribution in [0.15, 0.2) is 42.6 Å². The van der Waals surface area contributed by atoms with E-state index in [2.05, 4.69) is 48.4 Å². The number of hydrogen-bond donors (Lipinski definition) is 0. The number of benzene rings is 1. The second-order valence-corrected chi connectivity index (χ2v) is 12.0. The van der Waals surface area contributed by atoms with Gasteiger partial charge in [0.15, 0.2) is 6.23 Å². The van der Waals surface area contributed by atoms with Crippen LogP contribution in [0.4, 0.5) is 0 Å². The van der Waals surface area contributed by atoms with Gasteiger partial charge in [0, 0.05) is 50.5 Å². The summed E-state index contributed by atoms with van der Waals surface area (Å²) in [5, 5.41) is 5.73. The van der Waals surface area contributed by atoms with E-state index in [1.54, 1.807) is 0 Å². The van der Waals surface area contributed by atoms with Gasteiger partial charge >= 0.3 is 0 Å². The molecule has 0 amide bonds. The smallest absolute Gasteiger partial charge is 0.150 e. The molecule has 3 atom stereocenters. The van der Waals surface area contributed by atoms with Gasteiger partial charge in [-0.1, -0.05) is 31.5 Å². The summed E-state index contributed by atoms with van der Waals surface area (Å²) in [5.41, 5.74) is 4.14. The lowest BCUT2D eigenvalue weighted by Gasteiger charge is -2.23. The van der Waals surface area contributed by atoms with Gasteiger partial charge in [-0.15, -0.1) is 0 Å². The predicted molar refractivity (Wildman–Crippen MR) is 132 cm³/mol. The Balaban J connectivity index is 1.65. The van der Waals surface area contributed by atoms with E-state index in [0.717, 1.165) is 60.1 Å². The van der Waals surface area contributed by atoms with Gasteiger partial charge in [-0.3, -0.25) is 9.19 Å². The van der Waals surface area contributed by atoms with Gasteiger partial charge in [-0.25, -0.2) is 4.68 Å². The van der Waals surface area contributed by atoms with Crippen molar-refractivity contribution in [2.45, 2.75) is 76.7 Å². The minimum atomic E-state index is -0.905. The topological polar surface area (TPSA) is 57.0 Å². The number of hydrogen-bond acceptors (Lipinski definition) is 4. The molecule has 2 aromatic heterocycles. The SMILES string of the molecule is CCC[C@H](C[S@](=O)C(C)(C)C)c1cccc(-c2ccc3cnn(C4CCCCO4)c3c2)n1. The Morgan fingerprint density at radius 3 is 2.78 bits per heavy atom. The highest BCUT2D eigenvalue weighted by molar-refractivity contribution is 7.86. The molecule has 172 valence electrons. The Bertz CT molecular complexity index is 1080. The molecule has 1 aliphatic rings. The van der Waals surface area contributed by atoms with Crippen molar-refractivity contribution in [3.8, 4) is 11.3 Å². The van der Waals surface area contributed by atoms with Gasteiger partial charge < -0.3 is 4.74 Å². The fourth-order valence-electron chi connectivity index (χ4n) is 4.28. The maximum absolute atomic E-state index is 12.8. The van der Waals surface area contributed by atoms with Crippen molar-refractivity contribution in [3.63, 3.8) is 0 Å². The standard InChI is InChI=1S/C26H35N3O2S/c1-5-9-21(18-32(30)26(2,3)4)23-11-8-10-22(28-23)19-13-14-20-17-27-29(24(20)16-19)25-12-6-7-15-31-25/h8,10-11,13-14,16-17,21,25H,5-7,9,12,15,18H2,1-4H3/t21-,25?,32+/m1/s1. The Kier molecular flexibility index (Phi) is 7.11. The molecule has 0 spiro atoms. The van der Waals surface area contributed by atoms with Crippen LogP contribution in [0.1, 0.15) is 77.6 Å². The zero-order chi connectivity index (χ0) is 22.7. The van der Waals surface area contributed by atoms with Crippen LogP contribution in [0.2, 0.25) is 0 Å². The number of pyridine rings is 1. The van der Waals surface area contributed by atoms with Crippen molar-refractivity contribution in [1.82, 2.24) is 14.8 Å². The summed E-state index contributed by atoms with van der Waals surface area (Å²) in [6.45, 7) is 9.11. The van der Waals surface area contributed by atoms with Crippen LogP contribution in [-0.2, 0) is 15.5 Å². The van der Waals surface area contributed by atoms with Crippen LogP contribution >= 0.6 is 0 Å². The summed E-state index contributed by atoms with van der Waals surface area (Å²) in [4.78, 5) is 5.04. The van der Waals surface area contributed by atoms with Crippen molar-refractivity contribution < 1.29 is 8.95 Å². The Morgan fingerprint density at radius 1 is 1.22 bits per heavy atom. The highest BCUT2D eigenvalue weighted by atomic mass is 32.2. The van der Waals surface area contributed by atoms with E-state index in [4.69, 9.17) is 9.72 Å². The summed E-state index contributed by atoms with van der Waals surface area (Å²) in [5.74, 6) is 0.850. The van der Waals surface area contributed by atoms with E-state index in [9.17, 15) is 4.21 Å². The van der Waals surface area contributed by atoms with Crippen LogP contribution in [0, 0.1) is 0 Å². The molecule has 1 aliphatic heterocycles. The molecular weight excluding hydrogens is 418 g/mol. The average molecular weight is 454 g/mol. The van der Waals surface area contributed by atoms with Crippen molar-refractivity contribution in [2.24, 2.45) is 0 Å².